The molecule has 4 rings (SSSR count). The zero-order chi connectivity index (χ0) is 21.3. The molecule has 2 atom stereocenters. The topological polar surface area (TPSA) is 86.3 Å². The average molecular weight is 409 g/mol. The first-order valence-corrected chi connectivity index (χ1v) is 9.52. The van der Waals surface area contributed by atoms with Crippen LogP contribution in [0, 0.1) is 0 Å². The van der Waals surface area contributed by atoms with Gasteiger partial charge in [0.05, 0.1) is 32.9 Å². The summed E-state index contributed by atoms with van der Waals surface area (Å²) in [5, 5.41) is 12.5. The number of carboxylic acid groups (broad SMARTS) is 1. The lowest BCUT2D eigenvalue weighted by molar-refractivity contribution is 0.0697. The van der Waals surface area contributed by atoms with E-state index in [2.05, 4.69) is 5.32 Å². The number of hydrogen-bond donors (Lipinski definition) is 2. The van der Waals surface area contributed by atoms with Gasteiger partial charge in [-0.15, -0.1) is 0 Å². The van der Waals surface area contributed by atoms with Gasteiger partial charge in [-0.25, -0.2) is 4.79 Å². The van der Waals surface area contributed by atoms with Crippen molar-refractivity contribution < 1.29 is 28.8 Å². The van der Waals surface area contributed by atoms with E-state index in [0.717, 1.165) is 28.9 Å². The van der Waals surface area contributed by atoms with Crippen molar-refractivity contribution in [3.05, 3.63) is 71.1 Å². The van der Waals surface area contributed by atoms with Crippen LogP contribution in [0.2, 0.25) is 0 Å². The number of dihydropyridines is 1. The average Bonchev–Trinajstić information content (AvgIpc) is 3.22. The Kier molecular flexibility index (Phi) is 5.27. The Bertz CT molecular complexity index is 999. The van der Waals surface area contributed by atoms with E-state index < -0.39 is 5.97 Å². The van der Waals surface area contributed by atoms with E-state index in [1.165, 1.54) is 0 Å². The van der Waals surface area contributed by atoms with E-state index in [4.69, 9.17) is 24.1 Å². The van der Waals surface area contributed by atoms with Crippen LogP contribution in [0.5, 0.6) is 17.2 Å². The molecule has 1 saturated heterocycles. The number of ether oxygens (including phenoxy) is 4. The molecule has 2 aliphatic rings. The molecule has 2 aromatic carbocycles. The summed E-state index contributed by atoms with van der Waals surface area (Å²) in [6.45, 7) is 0. The molecule has 2 aromatic rings. The van der Waals surface area contributed by atoms with Crippen molar-refractivity contribution in [1.82, 2.24) is 5.32 Å². The predicted molar refractivity (Wildman–Crippen MR) is 111 cm³/mol. The van der Waals surface area contributed by atoms with Crippen molar-refractivity contribution in [1.29, 1.82) is 0 Å². The molecule has 30 heavy (non-hydrogen) atoms. The van der Waals surface area contributed by atoms with Gasteiger partial charge < -0.3 is 29.4 Å². The van der Waals surface area contributed by atoms with Crippen molar-refractivity contribution in [2.75, 3.05) is 21.3 Å². The molecule has 0 saturated carbocycles. The number of hydrogen-bond acceptors (Lipinski definition) is 6. The summed E-state index contributed by atoms with van der Waals surface area (Å²) < 4.78 is 22.7. The van der Waals surface area contributed by atoms with Crippen molar-refractivity contribution in [3.63, 3.8) is 0 Å². The smallest absolute Gasteiger partial charge is 0.335 e. The highest BCUT2D eigenvalue weighted by Gasteiger charge is 2.36. The lowest BCUT2D eigenvalue weighted by Gasteiger charge is -2.19. The highest BCUT2D eigenvalue weighted by molar-refractivity contribution is 5.88. The van der Waals surface area contributed by atoms with Gasteiger partial charge in [-0.2, -0.15) is 0 Å². The van der Waals surface area contributed by atoms with E-state index in [0.29, 0.717) is 17.2 Å². The lowest BCUT2D eigenvalue weighted by Crippen LogP contribution is -2.26. The predicted octanol–water partition coefficient (Wildman–Crippen LogP) is 3.77. The standard InChI is InChI=1S/C23H23NO6/c1-27-19-10-15(11-20(28-2)22(19)29-3)18-12-17-21(30-18)16(8-9-24-17)13-4-6-14(7-5-13)23(25)26/h4-11,17-18,24H,12H2,1-3H3,(H,25,26). The molecule has 0 radical (unpaired) electrons. The molecule has 7 heteroatoms. The van der Waals surface area contributed by atoms with Crippen LogP contribution in [0.25, 0.3) is 5.57 Å². The summed E-state index contributed by atoms with van der Waals surface area (Å²) in [7, 11) is 4.75. The second-order valence-corrected chi connectivity index (χ2v) is 7.01. The molecule has 1 fully saturated rings. The van der Waals surface area contributed by atoms with Gasteiger partial charge in [-0.3, -0.25) is 0 Å². The largest absolute Gasteiger partial charge is 0.493 e. The first-order valence-electron chi connectivity index (χ1n) is 9.52. The summed E-state index contributed by atoms with van der Waals surface area (Å²) >= 11 is 0. The number of carboxylic acids is 1. The zero-order valence-corrected chi connectivity index (χ0v) is 17.0. The third-order valence-corrected chi connectivity index (χ3v) is 5.35. The fourth-order valence-corrected chi connectivity index (χ4v) is 3.85. The Morgan fingerprint density at radius 2 is 1.73 bits per heavy atom. The van der Waals surface area contributed by atoms with Crippen molar-refractivity contribution >= 4 is 11.5 Å². The maximum absolute atomic E-state index is 11.1. The van der Waals surface area contributed by atoms with Crippen LogP contribution in [0.3, 0.4) is 0 Å². The van der Waals surface area contributed by atoms with Crippen molar-refractivity contribution in [3.8, 4) is 17.2 Å². The third-order valence-electron chi connectivity index (χ3n) is 5.35. The van der Waals surface area contributed by atoms with Crippen molar-refractivity contribution in [2.45, 2.75) is 18.6 Å². The number of carbonyl (C=O) groups is 1. The van der Waals surface area contributed by atoms with E-state index in [9.17, 15) is 4.79 Å². The first-order chi connectivity index (χ1) is 14.5. The maximum Gasteiger partial charge on any atom is 0.335 e. The van der Waals surface area contributed by atoms with Crippen LogP contribution in [0.4, 0.5) is 0 Å². The van der Waals surface area contributed by atoms with Crippen LogP contribution >= 0.6 is 0 Å². The summed E-state index contributed by atoms with van der Waals surface area (Å²) in [5.41, 5.74) is 3.02. The lowest BCUT2D eigenvalue weighted by atomic mass is 9.96. The second kappa shape index (κ2) is 8.02. The summed E-state index contributed by atoms with van der Waals surface area (Å²) in [4.78, 5) is 11.1. The van der Waals surface area contributed by atoms with E-state index >= 15 is 0 Å². The zero-order valence-electron chi connectivity index (χ0n) is 17.0. The second-order valence-electron chi connectivity index (χ2n) is 7.01. The number of methoxy groups -OCH3 is 3. The van der Waals surface area contributed by atoms with Crippen molar-refractivity contribution in [2.24, 2.45) is 0 Å². The Morgan fingerprint density at radius 1 is 1.07 bits per heavy atom. The molecule has 0 aliphatic carbocycles. The van der Waals surface area contributed by atoms with Crippen LogP contribution in [0.1, 0.15) is 34.0 Å². The van der Waals surface area contributed by atoms with Gasteiger partial charge in [0, 0.05) is 17.6 Å². The van der Waals surface area contributed by atoms with Crippen LogP contribution in [0.15, 0.2) is 54.4 Å². The minimum Gasteiger partial charge on any atom is -0.493 e. The fraction of sp³-hybridized carbons (Fsp3) is 0.261. The molecule has 2 aliphatic heterocycles. The summed E-state index contributed by atoms with van der Waals surface area (Å²) in [5.74, 6) is 1.58. The number of fused-ring (bicyclic) bond motifs is 1. The SMILES string of the molecule is COc1cc(C2CC3NC=CC(c4ccc(C(=O)O)cc4)=C3O2)cc(OC)c1OC. The van der Waals surface area contributed by atoms with Gasteiger partial charge in [-0.1, -0.05) is 12.1 Å². The molecule has 0 aromatic heterocycles. The molecule has 0 amide bonds. The molecule has 7 nitrogen and oxygen atoms in total. The molecule has 2 heterocycles. The van der Waals surface area contributed by atoms with Gasteiger partial charge in [-0.05, 0) is 42.1 Å². The summed E-state index contributed by atoms with van der Waals surface area (Å²) in [6.07, 6.45) is 4.38. The van der Waals surface area contributed by atoms with Crippen LogP contribution in [-0.2, 0) is 4.74 Å². The van der Waals surface area contributed by atoms with Gasteiger partial charge in [0.15, 0.2) is 11.5 Å². The maximum atomic E-state index is 11.1. The van der Waals surface area contributed by atoms with E-state index in [-0.39, 0.29) is 17.7 Å². The molecule has 0 bridgehead atoms. The van der Waals surface area contributed by atoms with Gasteiger partial charge in [0.2, 0.25) is 5.75 Å². The third kappa shape index (κ3) is 3.43. The molecule has 156 valence electrons. The van der Waals surface area contributed by atoms with Gasteiger partial charge >= 0.3 is 5.97 Å². The number of allylic oxidation sites excluding steroid dienone is 2. The monoisotopic (exact) mass is 409 g/mol. The van der Waals surface area contributed by atoms with E-state index in [1.54, 1.807) is 45.6 Å². The highest BCUT2D eigenvalue weighted by Crippen LogP contribution is 2.45. The van der Waals surface area contributed by atoms with Crippen LogP contribution in [-0.4, -0.2) is 38.4 Å². The molecular formula is C23H23NO6. The number of rotatable bonds is 6. The Morgan fingerprint density at radius 3 is 2.30 bits per heavy atom. The molecule has 0 spiro atoms. The number of benzene rings is 2. The summed E-state index contributed by atoms with van der Waals surface area (Å²) in [6, 6.07) is 10.6. The Balaban J connectivity index is 1.68. The Hall–Kier alpha value is -3.61. The first kappa shape index (κ1) is 19.7. The molecule has 2 unspecified atom stereocenters. The number of nitrogens with one attached hydrogen (secondary N) is 1. The van der Waals surface area contributed by atoms with E-state index in [1.807, 2.05) is 24.4 Å². The minimum absolute atomic E-state index is 0.0215. The highest BCUT2D eigenvalue weighted by atomic mass is 16.5. The normalized spacial score (nSPS) is 19.6. The fourth-order valence-electron chi connectivity index (χ4n) is 3.85. The molecular weight excluding hydrogens is 386 g/mol. The minimum atomic E-state index is -0.947. The van der Waals surface area contributed by atoms with Gasteiger partial charge in [0.1, 0.15) is 11.9 Å². The Labute approximate surface area is 174 Å². The van der Waals surface area contributed by atoms with Crippen LogP contribution < -0.4 is 19.5 Å². The quantitative estimate of drug-likeness (QED) is 0.751. The number of aromatic carboxylic acids is 1. The van der Waals surface area contributed by atoms with Gasteiger partial charge in [0.25, 0.3) is 0 Å². The molecule has 2 N–H and O–H groups in total.